The molecule has 2 aromatic carbocycles. The summed E-state index contributed by atoms with van der Waals surface area (Å²) in [5.41, 5.74) is -0.0684. The van der Waals surface area contributed by atoms with Gasteiger partial charge >= 0.3 is 7.82 Å². The zero-order valence-electron chi connectivity index (χ0n) is 17.6. The van der Waals surface area contributed by atoms with Gasteiger partial charge in [-0.1, -0.05) is 0 Å². The average molecular weight is 467 g/mol. The molecule has 0 saturated heterocycles. The minimum Gasteiger partial charge on any atom is -0.485 e. The lowest BCUT2D eigenvalue weighted by Crippen LogP contribution is -2.55. The van der Waals surface area contributed by atoms with Crippen molar-refractivity contribution in [2.75, 3.05) is 6.79 Å². The molecule has 0 fully saturated rings. The number of ketones is 1. The summed E-state index contributed by atoms with van der Waals surface area (Å²) in [6, 6.07) is 8.79. The molecule has 0 saturated carbocycles. The van der Waals surface area contributed by atoms with Crippen molar-refractivity contribution in [1.29, 1.82) is 0 Å². The fraction of sp³-hybridized carbons (Fsp3) is 0.333. The molecule has 32 heavy (non-hydrogen) atoms. The minimum absolute atomic E-state index is 0.185. The molecule has 0 unspecified atom stereocenters. The Morgan fingerprint density at radius 3 is 2.38 bits per heavy atom. The number of ether oxygens (including phenoxy) is 2. The Kier molecular flexibility index (Phi) is 6.83. The number of hydrogen-bond donors (Lipinski definition) is 3. The SMILES string of the molecule is CC(=O)c1ccc2c(c1)[C@H](NC(=O)c1ccc(F)cc1)[C@@H](OCOP(=O)(O)O)C(C)(C)O2. The van der Waals surface area contributed by atoms with Gasteiger partial charge in [0.15, 0.2) is 12.6 Å². The van der Waals surface area contributed by atoms with E-state index in [0.717, 1.165) is 12.1 Å². The van der Waals surface area contributed by atoms with Crippen LogP contribution in [0.25, 0.3) is 0 Å². The van der Waals surface area contributed by atoms with E-state index in [4.69, 9.17) is 19.3 Å². The monoisotopic (exact) mass is 467 g/mol. The maximum absolute atomic E-state index is 13.2. The number of carbonyl (C=O) groups excluding carboxylic acids is 2. The van der Waals surface area contributed by atoms with Gasteiger partial charge in [0.05, 0.1) is 6.04 Å². The van der Waals surface area contributed by atoms with Crippen molar-refractivity contribution in [3.05, 3.63) is 65.0 Å². The predicted octanol–water partition coefficient (Wildman–Crippen LogP) is 3.12. The zero-order valence-corrected chi connectivity index (χ0v) is 18.5. The second kappa shape index (κ2) is 9.09. The Labute approximate surface area is 183 Å². The normalized spacial score (nSPS) is 19.6. The fourth-order valence-electron chi connectivity index (χ4n) is 3.46. The first-order valence-corrected chi connectivity index (χ1v) is 11.1. The summed E-state index contributed by atoms with van der Waals surface area (Å²) >= 11 is 0. The first-order valence-electron chi connectivity index (χ1n) is 9.59. The Hall–Kier alpha value is -2.62. The second-order valence-electron chi connectivity index (χ2n) is 7.80. The highest BCUT2D eigenvalue weighted by molar-refractivity contribution is 7.46. The van der Waals surface area contributed by atoms with Crippen LogP contribution in [0, 0.1) is 5.82 Å². The van der Waals surface area contributed by atoms with Crippen molar-refractivity contribution in [2.45, 2.75) is 38.5 Å². The van der Waals surface area contributed by atoms with Gasteiger partial charge in [-0.25, -0.2) is 8.96 Å². The van der Waals surface area contributed by atoms with Crippen molar-refractivity contribution in [2.24, 2.45) is 0 Å². The summed E-state index contributed by atoms with van der Waals surface area (Å²) < 4.78 is 40.3. The summed E-state index contributed by atoms with van der Waals surface area (Å²) in [6.07, 6.45) is -0.965. The Morgan fingerprint density at radius 1 is 1.16 bits per heavy atom. The molecular formula is C21H23FNO8P. The second-order valence-corrected chi connectivity index (χ2v) is 9.04. The van der Waals surface area contributed by atoms with Crippen LogP contribution in [0.15, 0.2) is 42.5 Å². The summed E-state index contributed by atoms with van der Waals surface area (Å²) in [4.78, 5) is 42.7. The Bertz CT molecular complexity index is 1070. The van der Waals surface area contributed by atoms with Gasteiger partial charge in [0.1, 0.15) is 23.3 Å². The van der Waals surface area contributed by atoms with Gasteiger partial charge in [0.2, 0.25) is 0 Å². The van der Waals surface area contributed by atoms with Crippen LogP contribution >= 0.6 is 7.82 Å². The van der Waals surface area contributed by atoms with Crippen molar-refractivity contribution < 1.29 is 42.3 Å². The summed E-state index contributed by atoms with van der Waals surface area (Å²) in [6.45, 7) is 3.97. The number of phosphoric ester groups is 1. The lowest BCUT2D eigenvalue weighted by molar-refractivity contribution is -0.141. The van der Waals surface area contributed by atoms with E-state index >= 15 is 0 Å². The summed E-state index contributed by atoms with van der Waals surface area (Å²) in [5, 5.41) is 2.80. The molecule has 3 rings (SSSR count). The predicted molar refractivity (Wildman–Crippen MR) is 111 cm³/mol. The highest BCUT2D eigenvalue weighted by atomic mass is 31.2. The highest BCUT2D eigenvalue weighted by Gasteiger charge is 2.46. The van der Waals surface area contributed by atoms with Crippen molar-refractivity contribution in [1.82, 2.24) is 5.32 Å². The quantitative estimate of drug-likeness (QED) is 0.322. The first kappa shape index (κ1) is 24.0. The molecule has 1 heterocycles. The van der Waals surface area contributed by atoms with Crippen LogP contribution in [-0.2, 0) is 13.8 Å². The fourth-order valence-corrected chi connectivity index (χ4v) is 3.66. The van der Waals surface area contributed by atoms with Gasteiger partial charge in [0.25, 0.3) is 5.91 Å². The molecule has 3 N–H and O–H groups in total. The van der Waals surface area contributed by atoms with Gasteiger partial charge in [-0.3, -0.25) is 14.1 Å². The number of Topliss-reactive ketones (excluding diaryl/α,β-unsaturated/α-hetero) is 1. The number of halogens is 1. The topological polar surface area (TPSA) is 131 Å². The van der Waals surface area contributed by atoms with Crippen molar-refractivity contribution in [3.8, 4) is 5.75 Å². The third kappa shape index (κ3) is 5.59. The van der Waals surface area contributed by atoms with E-state index < -0.39 is 44.1 Å². The number of benzene rings is 2. The van der Waals surface area contributed by atoms with E-state index in [9.17, 15) is 18.5 Å². The number of carbonyl (C=O) groups is 2. The van der Waals surface area contributed by atoms with E-state index in [1.54, 1.807) is 32.0 Å². The van der Waals surface area contributed by atoms with E-state index in [1.165, 1.54) is 19.1 Å². The molecule has 11 heteroatoms. The number of fused-ring (bicyclic) bond motifs is 1. The molecule has 0 spiro atoms. The molecular weight excluding hydrogens is 444 g/mol. The molecule has 0 aliphatic carbocycles. The van der Waals surface area contributed by atoms with Crippen LogP contribution in [0.3, 0.4) is 0 Å². The highest BCUT2D eigenvalue weighted by Crippen LogP contribution is 2.43. The molecule has 1 amide bonds. The number of hydrogen-bond acceptors (Lipinski definition) is 6. The van der Waals surface area contributed by atoms with Crippen LogP contribution in [0.2, 0.25) is 0 Å². The van der Waals surface area contributed by atoms with E-state index in [-0.39, 0.29) is 11.3 Å². The number of nitrogens with one attached hydrogen (secondary N) is 1. The molecule has 172 valence electrons. The zero-order chi connectivity index (χ0) is 23.7. The standard InChI is InChI=1S/C21H23FNO8P/c1-12(24)14-6-9-17-16(10-14)18(23-20(25)13-4-7-15(22)8-5-13)19(21(2,3)31-17)29-11-30-32(26,27)28/h4-10,18-19H,11H2,1-3H3,(H,23,25)(H2,26,27,28)/t18-,19+/m0/s1. The van der Waals surface area contributed by atoms with Gasteiger partial charge in [-0.05, 0) is 63.2 Å². The van der Waals surface area contributed by atoms with Crippen LogP contribution < -0.4 is 10.1 Å². The maximum atomic E-state index is 13.2. The van der Waals surface area contributed by atoms with Gasteiger partial charge in [-0.15, -0.1) is 0 Å². The van der Waals surface area contributed by atoms with E-state index in [2.05, 4.69) is 9.84 Å². The third-order valence-corrected chi connectivity index (χ3v) is 5.42. The first-order chi connectivity index (χ1) is 14.9. The van der Waals surface area contributed by atoms with E-state index in [0.29, 0.717) is 16.9 Å². The van der Waals surface area contributed by atoms with Crippen molar-refractivity contribution in [3.63, 3.8) is 0 Å². The minimum atomic E-state index is -4.80. The number of amides is 1. The van der Waals surface area contributed by atoms with Crippen LogP contribution in [0.1, 0.15) is 53.1 Å². The molecule has 9 nitrogen and oxygen atoms in total. The van der Waals surface area contributed by atoms with Crippen LogP contribution in [-0.4, -0.2) is 40.0 Å². The molecule has 0 aromatic heterocycles. The molecule has 2 aromatic rings. The van der Waals surface area contributed by atoms with Crippen LogP contribution in [0.4, 0.5) is 4.39 Å². The summed E-state index contributed by atoms with van der Waals surface area (Å²) in [5.74, 6) is -0.846. The molecule has 0 bridgehead atoms. The largest absolute Gasteiger partial charge is 0.485 e. The number of rotatable bonds is 7. The van der Waals surface area contributed by atoms with Gasteiger partial charge in [-0.2, -0.15) is 0 Å². The van der Waals surface area contributed by atoms with Gasteiger partial charge < -0.3 is 24.6 Å². The average Bonchev–Trinajstić information content (AvgIpc) is 2.68. The van der Waals surface area contributed by atoms with E-state index in [1.807, 2.05) is 0 Å². The number of phosphoric acid groups is 1. The van der Waals surface area contributed by atoms with Crippen LogP contribution in [0.5, 0.6) is 5.75 Å². The smallest absolute Gasteiger partial charge is 0.471 e. The molecule has 0 radical (unpaired) electrons. The Balaban J connectivity index is 1.99. The Morgan fingerprint density at radius 2 is 1.78 bits per heavy atom. The third-order valence-electron chi connectivity index (χ3n) is 4.97. The molecule has 1 aliphatic rings. The molecule has 2 atom stereocenters. The maximum Gasteiger partial charge on any atom is 0.471 e. The molecule has 1 aliphatic heterocycles. The lowest BCUT2D eigenvalue weighted by atomic mass is 9.85. The van der Waals surface area contributed by atoms with Gasteiger partial charge in [0, 0.05) is 16.7 Å². The summed E-state index contributed by atoms with van der Waals surface area (Å²) in [7, 11) is -4.80. The lowest BCUT2D eigenvalue weighted by Gasteiger charge is -2.44. The van der Waals surface area contributed by atoms with Crippen molar-refractivity contribution >= 4 is 19.5 Å².